The van der Waals surface area contributed by atoms with Gasteiger partial charge in [-0.25, -0.2) is 8.42 Å². The normalized spacial score (nSPS) is 16.2. The molecule has 3 heterocycles. The number of sulfonamides is 1. The Bertz CT molecular complexity index is 796. The number of aromatic nitrogens is 2. The predicted octanol–water partition coefficient (Wildman–Crippen LogP) is 2.04. The number of rotatable bonds is 6. The number of hydrogen-bond donors (Lipinski definition) is 1. The van der Waals surface area contributed by atoms with E-state index in [-0.39, 0.29) is 0 Å². The average Bonchev–Trinajstić information content (AvgIpc) is 3.13. The highest BCUT2D eigenvalue weighted by Gasteiger charge is 2.30. The number of aryl methyl sites for hydroxylation is 1. The van der Waals surface area contributed by atoms with E-state index < -0.39 is 10.0 Å². The quantitative estimate of drug-likeness (QED) is 0.825. The van der Waals surface area contributed by atoms with E-state index in [1.807, 2.05) is 32.0 Å². The van der Waals surface area contributed by atoms with Crippen molar-refractivity contribution in [1.82, 2.24) is 14.5 Å². The van der Waals surface area contributed by atoms with Crippen molar-refractivity contribution in [2.75, 3.05) is 42.9 Å². The number of piperazine rings is 1. The molecule has 3 rings (SSSR count). The van der Waals surface area contributed by atoms with Crippen LogP contribution < -0.4 is 10.2 Å². The molecule has 0 unspecified atom stereocenters. The van der Waals surface area contributed by atoms with E-state index in [0.29, 0.717) is 30.4 Å². The van der Waals surface area contributed by atoms with Crippen molar-refractivity contribution in [2.45, 2.75) is 24.5 Å². The van der Waals surface area contributed by atoms with Crippen molar-refractivity contribution in [3.05, 3.63) is 29.1 Å². The zero-order valence-corrected chi connectivity index (χ0v) is 16.1. The monoisotopic (exact) mass is 381 g/mol. The lowest BCUT2D eigenvalue weighted by Crippen LogP contribution is -2.48. The van der Waals surface area contributed by atoms with Crippen molar-refractivity contribution < 1.29 is 8.42 Å². The molecule has 1 saturated heterocycles. The van der Waals surface area contributed by atoms with E-state index in [9.17, 15) is 8.42 Å². The minimum Gasteiger partial charge on any atom is -0.369 e. The molecule has 1 aliphatic heterocycles. The van der Waals surface area contributed by atoms with Gasteiger partial charge in [0.1, 0.15) is 10.0 Å². The molecule has 0 saturated carbocycles. The zero-order chi connectivity index (χ0) is 17.9. The van der Waals surface area contributed by atoms with Crippen molar-refractivity contribution >= 4 is 33.0 Å². The van der Waals surface area contributed by atoms with E-state index in [1.165, 1.54) is 11.3 Å². The van der Waals surface area contributed by atoms with Crippen LogP contribution in [0.2, 0.25) is 0 Å². The van der Waals surface area contributed by atoms with E-state index in [2.05, 4.69) is 20.4 Å². The Labute approximate surface area is 152 Å². The third kappa shape index (κ3) is 3.94. The maximum Gasteiger partial charge on any atom is 0.252 e. The lowest BCUT2D eigenvalue weighted by molar-refractivity contribution is 0.384. The highest BCUT2D eigenvalue weighted by molar-refractivity contribution is 7.91. The standard InChI is InChI=1S/C16H23N5O2S2/c1-3-13-5-8-16(24-13)25(22,23)21-11-9-20(10-12-21)15-7-6-14(17-4-2)18-19-15/h5-8H,3-4,9-12H2,1-2H3,(H,17,18). The van der Waals surface area contributed by atoms with Gasteiger partial charge in [0.2, 0.25) is 0 Å². The fourth-order valence-electron chi connectivity index (χ4n) is 2.74. The molecule has 0 aromatic carbocycles. The van der Waals surface area contributed by atoms with Gasteiger partial charge in [0.25, 0.3) is 10.0 Å². The summed E-state index contributed by atoms with van der Waals surface area (Å²) >= 11 is 1.36. The number of hydrogen-bond acceptors (Lipinski definition) is 7. The predicted molar refractivity (Wildman–Crippen MR) is 101 cm³/mol. The fraction of sp³-hybridized carbons (Fsp3) is 0.500. The first-order chi connectivity index (χ1) is 12.0. The van der Waals surface area contributed by atoms with Crippen LogP contribution in [0.25, 0.3) is 0 Å². The molecule has 1 aliphatic rings. The van der Waals surface area contributed by atoms with Gasteiger partial charge >= 0.3 is 0 Å². The molecular weight excluding hydrogens is 358 g/mol. The van der Waals surface area contributed by atoms with Gasteiger partial charge in [-0.15, -0.1) is 21.5 Å². The molecule has 1 fully saturated rings. The minimum absolute atomic E-state index is 0.438. The highest BCUT2D eigenvalue weighted by atomic mass is 32.2. The van der Waals surface area contributed by atoms with Crippen molar-refractivity contribution in [3.63, 3.8) is 0 Å². The molecule has 9 heteroatoms. The molecule has 0 aliphatic carbocycles. The van der Waals surface area contributed by atoms with E-state index in [1.54, 1.807) is 10.4 Å². The van der Waals surface area contributed by atoms with Crippen molar-refractivity contribution in [3.8, 4) is 0 Å². The summed E-state index contributed by atoms with van der Waals surface area (Å²) in [6.45, 7) is 6.97. The molecule has 0 atom stereocenters. The first-order valence-corrected chi connectivity index (χ1v) is 10.7. The first kappa shape index (κ1) is 18.1. The lowest BCUT2D eigenvalue weighted by Gasteiger charge is -2.34. The van der Waals surface area contributed by atoms with Gasteiger partial charge in [-0.05, 0) is 37.6 Å². The fourth-order valence-corrected chi connectivity index (χ4v) is 5.61. The number of thiophene rings is 1. The Morgan fingerprint density at radius 3 is 2.40 bits per heavy atom. The lowest BCUT2D eigenvalue weighted by atomic mass is 10.3. The van der Waals surface area contributed by atoms with Gasteiger partial charge in [-0.2, -0.15) is 4.31 Å². The summed E-state index contributed by atoms with van der Waals surface area (Å²) in [5, 5.41) is 11.5. The molecule has 7 nitrogen and oxygen atoms in total. The SMILES string of the molecule is CCNc1ccc(N2CCN(S(=O)(=O)c3ccc(CC)s3)CC2)nn1. The molecule has 0 bridgehead atoms. The smallest absolute Gasteiger partial charge is 0.252 e. The summed E-state index contributed by atoms with van der Waals surface area (Å²) in [7, 11) is -3.39. The Morgan fingerprint density at radius 2 is 1.84 bits per heavy atom. The van der Waals surface area contributed by atoms with Gasteiger partial charge in [0.15, 0.2) is 5.82 Å². The second kappa shape index (κ2) is 7.67. The van der Waals surface area contributed by atoms with Gasteiger partial charge in [-0.1, -0.05) is 6.92 Å². The van der Waals surface area contributed by atoms with Crippen LogP contribution in [0.15, 0.2) is 28.5 Å². The number of nitrogens with one attached hydrogen (secondary N) is 1. The van der Waals surface area contributed by atoms with Crippen LogP contribution in [0.3, 0.4) is 0 Å². The van der Waals surface area contributed by atoms with Crippen LogP contribution in [0, 0.1) is 0 Å². The summed E-state index contributed by atoms with van der Waals surface area (Å²) < 4.78 is 27.5. The van der Waals surface area contributed by atoms with Gasteiger partial charge in [0, 0.05) is 37.6 Å². The first-order valence-electron chi connectivity index (χ1n) is 8.46. The van der Waals surface area contributed by atoms with E-state index in [0.717, 1.165) is 29.5 Å². The summed E-state index contributed by atoms with van der Waals surface area (Å²) in [4.78, 5) is 3.16. The number of anilines is 2. The summed E-state index contributed by atoms with van der Waals surface area (Å²) in [6, 6.07) is 7.43. The molecule has 1 N–H and O–H groups in total. The van der Waals surface area contributed by atoms with E-state index >= 15 is 0 Å². The number of nitrogens with zero attached hydrogens (tertiary/aromatic N) is 4. The average molecular weight is 382 g/mol. The van der Waals surface area contributed by atoms with Gasteiger partial charge in [-0.3, -0.25) is 0 Å². The van der Waals surface area contributed by atoms with Crippen LogP contribution >= 0.6 is 11.3 Å². The highest BCUT2D eigenvalue weighted by Crippen LogP contribution is 2.26. The van der Waals surface area contributed by atoms with Gasteiger partial charge < -0.3 is 10.2 Å². The largest absolute Gasteiger partial charge is 0.369 e. The zero-order valence-electron chi connectivity index (χ0n) is 14.5. The van der Waals surface area contributed by atoms with Crippen LogP contribution in [0.4, 0.5) is 11.6 Å². The van der Waals surface area contributed by atoms with E-state index in [4.69, 9.17) is 0 Å². The third-order valence-electron chi connectivity index (χ3n) is 4.15. The van der Waals surface area contributed by atoms with Crippen LogP contribution in [-0.4, -0.2) is 55.6 Å². The maximum atomic E-state index is 12.8. The molecule has 25 heavy (non-hydrogen) atoms. The Balaban J connectivity index is 1.64. The van der Waals surface area contributed by atoms with Crippen LogP contribution in [-0.2, 0) is 16.4 Å². The molecule has 2 aromatic heterocycles. The Kier molecular flexibility index (Phi) is 5.55. The molecule has 136 valence electrons. The van der Waals surface area contributed by atoms with Crippen molar-refractivity contribution in [2.24, 2.45) is 0 Å². The van der Waals surface area contributed by atoms with Crippen molar-refractivity contribution in [1.29, 1.82) is 0 Å². The molecule has 0 amide bonds. The minimum atomic E-state index is -3.39. The Morgan fingerprint density at radius 1 is 1.08 bits per heavy atom. The molecule has 0 spiro atoms. The summed E-state index contributed by atoms with van der Waals surface area (Å²) in [6.07, 6.45) is 0.857. The second-order valence-electron chi connectivity index (χ2n) is 5.77. The van der Waals surface area contributed by atoms with Crippen LogP contribution in [0.1, 0.15) is 18.7 Å². The molecule has 2 aromatic rings. The Hall–Kier alpha value is -1.71. The molecular formula is C16H23N5O2S2. The maximum absolute atomic E-state index is 12.8. The summed E-state index contributed by atoms with van der Waals surface area (Å²) in [5.41, 5.74) is 0. The van der Waals surface area contributed by atoms with Gasteiger partial charge in [0.05, 0.1) is 0 Å². The molecule has 0 radical (unpaired) electrons. The topological polar surface area (TPSA) is 78.4 Å². The third-order valence-corrected chi connectivity index (χ3v) is 7.75. The second-order valence-corrected chi connectivity index (χ2v) is 9.11. The summed E-state index contributed by atoms with van der Waals surface area (Å²) in [5.74, 6) is 1.53. The van der Waals surface area contributed by atoms with Crippen LogP contribution in [0.5, 0.6) is 0 Å².